The predicted octanol–water partition coefficient (Wildman–Crippen LogP) is 4.79. The van der Waals surface area contributed by atoms with Crippen LogP contribution in [0.25, 0.3) is 21.9 Å². The first kappa shape index (κ1) is 25.5. The molecule has 1 atom stereocenters. The van der Waals surface area contributed by atoms with Crippen molar-refractivity contribution in [3.8, 4) is 10.7 Å². The summed E-state index contributed by atoms with van der Waals surface area (Å²) in [5.74, 6) is 1.35. The number of carbonyl (C=O) groups excluding carboxylic acids is 1. The van der Waals surface area contributed by atoms with Gasteiger partial charge in [0.05, 0.1) is 17.1 Å². The molecule has 10 heteroatoms. The number of fused-ring (bicyclic) bond motifs is 1. The first-order valence-electron chi connectivity index (χ1n) is 13.5. The van der Waals surface area contributed by atoms with E-state index >= 15 is 0 Å². The highest BCUT2D eigenvalue weighted by Gasteiger charge is 2.30. The molecule has 1 amide bonds. The first-order chi connectivity index (χ1) is 19.0. The Bertz CT molecular complexity index is 1450. The van der Waals surface area contributed by atoms with E-state index in [1.165, 1.54) is 24.6 Å². The number of anilines is 3. The van der Waals surface area contributed by atoms with Crippen molar-refractivity contribution in [3.63, 3.8) is 0 Å². The summed E-state index contributed by atoms with van der Waals surface area (Å²) in [5.41, 5.74) is 3.70. The third-order valence-electron chi connectivity index (χ3n) is 7.87. The number of nitrogens with one attached hydrogen (secondary N) is 1. The Kier molecular flexibility index (Phi) is 7.05. The van der Waals surface area contributed by atoms with Gasteiger partial charge in [0.2, 0.25) is 11.9 Å². The van der Waals surface area contributed by atoms with Crippen LogP contribution in [0.5, 0.6) is 0 Å². The van der Waals surface area contributed by atoms with Crippen LogP contribution in [0.2, 0.25) is 0 Å². The molecular formula is C29H34N8OS. The second-order valence-corrected chi connectivity index (χ2v) is 11.4. The summed E-state index contributed by atoms with van der Waals surface area (Å²) in [4.78, 5) is 34.4. The normalized spacial score (nSPS) is 18.3. The Morgan fingerprint density at radius 2 is 1.90 bits per heavy atom. The maximum Gasteiger partial charge on any atom is 0.246 e. The smallest absolute Gasteiger partial charge is 0.246 e. The van der Waals surface area contributed by atoms with Gasteiger partial charge in [0, 0.05) is 43.6 Å². The van der Waals surface area contributed by atoms with Gasteiger partial charge in [-0.15, -0.1) is 11.3 Å². The van der Waals surface area contributed by atoms with Gasteiger partial charge >= 0.3 is 0 Å². The maximum absolute atomic E-state index is 12.3. The van der Waals surface area contributed by atoms with E-state index in [-0.39, 0.29) is 11.9 Å². The van der Waals surface area contributed by atoms with Crippen LogP contribution in [0.15, 0.2) is 60.6 Å². The van der Waals surface area contributed by atoms with Gasteiger partial charge in [-0.1, -0.05) is 12.6 Å². The third kappa shape index (κ3) is 5.14. The molecule has 2 aliphatic heterocycles. The zero-order valence-electron chi connectivity index (χ0n) is 22.5. The van der Waals surface area contributed by atoms with Crippen LogP contribution in [0.1, 0.15) is 25.3 Å². The van der Waals surface area contributed by atoms with E-state index in [4.69, 9.17) is 9.97 Å². The molecule has 0 spiro atoms. The molecule has 0 aliphatic carbocycles. The standard InChI is InChI=1S/C29H34N8OS/c1-4-26(38)36-16-13-23(19-36)37-27-24(32-28(37)25-6-5-17-39-25)18-30-29(33-27)31-20-7-9-22(10-8-20)35-14-11-21(12-15-35)34(2)3/h4-10,17-18,21,23H,1,11-16,19H2,2-3H3,(H,30,31,33)/t23-/m0/s1. The summed E-state index contributed by atoms with van der Waals surface area (Å²) in [6.45, 7) is 7.09. The number of aromatic nitrogens is 4. The quantitative estimate of drug-likeness (QED) is 0.336. The first-order valence-corrected chi connectivity index (χ1v) is 14.4. The number of thiophene rings is 1. The Morgan fingerprint density at radius 1 is 1.10 bits per heavy atom. The molecule has 39 heavy (non-hydrogen) atoms. The Balaban J connectivity index is 1.24. The van der Waals surface area contributed by atoms with Gasteiger partial charge in [-0.25, -0.2) is 9.97 Å². The molecular weight excluding hydrogens is 508 g/mol. The van der Waals surface area contributed by atoms with Crippen molar-refractivity contribution in [1.82, 2.24) is 29.3 Å². The van der Waals surface area contributed by atoms with Crippen molar-refractivity contribution in [2.45, 2.75) is 31.3 Å². The van der Waals surface area contributed by atoms with Gasteiger partial charge in [-0.2, -0.15) is 4.98 Å². The number of rotatable bonds is 7. The lowest BCUT2D eigenvalue weighted by molar-refractivity contribution is -0.125. The second kappa shape index (κ2) is 10.8. The van der Waals surface area contributed by atoms with Crippen LogP contribution in [0, 0.1) is 0 Å². The highest BCUT2D eigenvalue weighted by molar-refractivity contribution is 7.13. The molecule has 1 aromatic carbocycles. The van der Waals surface area contributed by atoms with Gasteiger partial charge in [0.1, 0.15) is 5.52 Å². The molecule has 5 heterocycles. The van der Waals surface area contributed by atoms with E-state index in [0.29, 0.717) is 25.1 Å². The SMILES string of the molecule is C=CC(=O)N1CC[C@H](n2c(-c3cccs3)nc3cnc(Nc4ccc(N5CCC(N(C)C)CC5)cc4)nc32)C1. The summed E-state index contributed by atoms with van der Waals surface area (Å²) < 4.78 is 2.19. The number of hydrogen-bond acceptors (Lipinski definition) is 8. The molecule has 2 saturated heterocycles. The van der Waals surface area contributed by atoms with Crippen molar-refractivity contribution in [2.75, 3.05) is 50.5 Å². The molecule has 4 aromatic rings. The number of piperidine rings is 1. The minimum atomic E-state index is -0.0397. The van der Waals surface area contributed by atoms with Crippen LogP contribution < -0.4 is 10.2 Å². The van der Waals surface area contributed by atoms with E-state index in [1.807, 2.05) is 16.3 Å². The summed E-state index contributed by atoms with van der Waals surface area (Å²) in [5, 5.41) is 5.43. The number of amides is 1. The van der Waals surface area contributed by atoms with Crippen LogP contribution in [0.3, 0.4) is 0 Å². The summed E-state index contributed by atoms with van der Waals surface area (Å²) in [6, 6.07) is 13.3. The highest BCUT2D eigenvalue weighted by atomic mass is 32.1. The average molecular weight is 543 g/mol. The molecule has 0 unspecified atom stereocenters. The van der Waals surface area contributed by atoms with Crippen LogP contribution in [-0.2, 0) is 4.79 Å². The summed E-state index contributed by atoms with van der Waals surface area (Å²) in [6.07, 6.45) is 6.37. The number of nitrogens with zero attached hydrogens (tertiary/aromatic N) is 7. The largest absolute Gasteiger partial charge is 0.371 e. The Labute approximate surface area is 232 Å². The minimum Gasteiger partial charge on any atom is -0.371 e. The number of likely N-dealkylation sites (tertiary alicyclic amines) is 1. The van der Waals surface area contributed by atoms with E-state index in [0.717, 1.165) is 47.1 Å². The van der Waals surface area contributed by atoms with E-state index in [2.05, 4.69) is 75.7 Å². The van der Waals surface area contributed by atoms with E-state index in [1.54, 1.807) is 17.5 Å². The molecule has 6 rings (SSSR count). The molecule has 1 N–H and O–H groups in total. The average Bonchev–Trinajstić information content (AvgIpc) is 3.73. The van der Waals surface area contributed by atoms with Gasteiger partial charge in [-0.05, 0) is 75.1 Å². The van der Waals surface area contributed by atoms with Gasteiger partial charge in [0.15, 0.2) is 11.5 Å². The highest BCUT2D eigenvalue weighted by Crippen LogP contribution is 2.34. The third-order valence-corrected chi connectivity index (χ3v) is 8.74. The van der Waals surface area contributed by atoms with Crippen molar-refractivity contribution < 1.29 is 4.79 Å². The van der Waals surface area contributed by atoms with Crippen molar-refractivity contribution >= 4 is 45.7 Å². The predicted molar refractivity (Wildman–Crippen MR) is 158 cm³/mol. The van der Waals surface area contributed by atoms with Crippen LogP contribution in [0.4, 0.5) is 17.3 Å². The lowest BCUT2D eigenvalue weighted by Gasteiger charge is -2.36. The minimum absolute atomic E-state index is 0.0397. The number of hydrogen-bond donors (Lipinski definition) is 1. The lowest BCUT2D eigenvalue weighted by atomic mass is 10.0. The summed E-state index contributed by atoms with van der Waals surface area (Å²) >= 11 is 1.65. The molecule has 202 valence electrons. The van der Waals surface area contributed by atoms with Gasteiger partial charge < -0.3 is 24.6 Å². The fourth-order valence-electron chi connectivity index (χ4n) is 5.68. The summed E-state index contributed by atoms with van der Waals surface area (Å²) in [7, 11) is 4.34. The zero-order chi connectivity index (χ0) is 26.9. The molecule has 0 saturated carbocycles. The van der Waals surface area contributed by atoms with Crippen molar-refractivity contribution in [2.24, 2.45) is 0 Å². The lowest BCUT2D eigenvalue weighted by Crippen LogP contribution is -2.41. The van der Waals surface area contributed by atoms with Gasteiger partial charge in [-0.3, -0.25) is 4.79 Å². The Morgan fingerprint density at radius 3 is 2.59 bits per heavy atom. The van der Waals surface area contributed by atoms with Crippen LogP contribution in [-0.4, -0.2) is 81.5 Å². The number of imidazole rings is 1. The molecule has 2 aliphatic rings. The number of benzene rings is 1. The van der Waals surface area contributed by atoms with E-state index < -0.39 is 0 Å². The van der Waals surface area contributed by atoms with Crippen LogP contribution >= 0.6 is 11.3 Å². The maximum atomic E-state index is 12.3. The van der Waals surface area contributed by atoms with Gasteiger partial charge in [0.25, 0.3) is 0 Å². The monoisotopic (exact) mass is 542 g/mol. The molecule has 0 bridgehead atoms. The van der Waals surface area contributed by atoms with E-state index in [9.17, 15) is 4.79 Å². The molecule has 3 aromatic heterocycles. The molecule has 0 radical (unpaired) electrons. The number of carbonyl (C=O) groups is 1. The molecule has 9 nitrogen and oxygen atoms in total. The Hall–Kier alpha value is -3.76. The fourth-order valence-corrected chi connectivity index (χ4v) is 6.39. The van der Waals surface area contributed by atoms with Crippen molar-refractivity contribution in [1.29, 1.82) is 0 Å². The zero-order valence-corrected chi connectivity index (χ0v) is 23.3. The topological polar surface area (TPSA) is 82.4 Å². The molecule has 2 fully saturated rings. The fraction of sp³-hybridized carbons (Fsp3) is 0.379. The second-order valence-electron chi connectivity index (χ2n) is 10.5. The van der Waals surface area contributed by atoms with Crippen molar-refractivity contribution in [3.05, 3.63) is 60.6 Å².